The standard InChI is InChI=1S/C17H16BrFN2OS/c1-10(2)13-9-11(18)7-8-15(13)20-17(23)21-16(22)12-5-3-4-6-14(12)19/h3-10H,1-2H3,(H2,20,21,22,23). The number of carbonyl (C=O) groups is 1. The predicted molar refractivity (Wildman–Crippen MR) is 98.3 cm³/mol. The van der Waals surface area contributed by atoms with E-state index in [-0.39, 0.29) is 16.6 Å². The molecule has 0 heterocycles. The molecular weight excluding hydrogens is 379 g/mol. The molecule has 0 aliphatic carbocycles. The number of nitrogens with one attached hydrogen (secondary N) is 2. The molecule has 0 saturated carbocycles. The summed E-state index contributed by atoms with van der Waals surface area (Å²) in [4.78, 5) is 12.1. The molecule has 0 unspecified atom stereocenters. The van der Waals surface area contributed by atoms with Gasteiger partial charge in [-0.05, 0) is 54.0 Å². The Labute approximate surface area is 148 Å². The van der Waals surface area contributed by atoms with Crippen molar-refractivity contribution in [3.63, 3.8) is 0 Å². The summed E-state index contributed by atoms with van der Waals surface area (Å²) in [6, 6.07) is 11.5. The van der Waals surface area contributed by atoms with E-state index < -0.39 is 11.7 Å². The van der Waals surface area contributed by atoms with Gasteiger partial charge in [-0.2, -0.15) is 0 Å². The summed E-state index contributed by atoms with van der Waals surface area (Å²) in [5.41, 5.74) is 1.82. The van der Waals surface area contributed by atoms with Crippen molar-refractivity contribution in [2.24, 2.45) is 0 Å². The van der Waals surface area contributed by atoms with Gasteiger partial charge in [0.05, 0.1) is 5.56 Å². The third-order valence-corrected chi connectivity index (χ3v) is 3.93. The van der Waals surface area contributed by atoms with Gasteiger partial charge in [0.15, 0.2) is 5.11 Å². The quantitative estimate of drug-likeness (QED) is 0.731. The van der Waals surface area contributed by atoms with Crippen LogP contribution in [-0.4, -0.2) is 11.0 Å². The van der Waals surface area contributed by atoms with E-state index in [0.717, 1.165) is 15.7 Å². The maximum atomic E-state index is 13.6. The average Bonchev–Trinajstić information content (AvgIpc) is 2.49. The Bertz CT molecular complexity index is 749. The van der Waals surface area contributed by atoms with Crippen molar-refractivity contribution in [3.05, 3.63) is 63.9 Å². The van der Waals surface area contributed by atoms with Gasteiger partial charge in [0, 0.05) is 10.2 Å². The topological polar surface area (TPSA) is 41.1 Å². The van der Waals surface area contributed by atoms with Gasteiger partial charge in [-0.25, -0.2) is 4.39 Å². The second kappa shape index (κ2) is 7.66. The summed E-state index contributed by atoms with van der Waals surface area (Å²) in [6.45, 7) is 4.13. The van der Waals surface area contributed by atoms with Crippen LogP contribution in [0.15, 0.2) is 46.9 Å². The molecule has 0 radical (unpaired) electrons. The van der Waals surface area contributed by atoms with Crippen molar-refractivity contribution in [2.45, 2.75) is 19.8 Å². The summed E-state index contributed by atoms with van der Waals surface area (Å²) in [5, 5.41) is 5.62. The maximum absolute atomic E-state index is 13.6. The normalized spacial score (nSPS) is 10.5. The van der Waals surface area contributed by atoms with Crippen LogP contribution < -0.4 is 10.6 Å². The average molecular weight is 395 g/mol. The van der Waals surface area contributed by atoms with Gasteiger partial charge < -0.3 is 5.32 Å². The van der Waals surface area contributed by atoms with Crippen LogP contribution in [-0.2, 0) is 0 Å². The molecule has 120 valence electrons. The lowest BCUT2D eigenvalue weighted by atomic mass is 10.0. The van der Waals surface area contributed by atoms with Gasteiger partial charge in [-0.3, -0.25) is 10.1 Å². The highest BCUT2D eigenvalue weighted by Gasteiger charge is 2.14. The zero-order valence-corrected chi connectivity index (χ0v) is 15.1. The lowest BCUT2D eigenvalue weighted by molar-refractivity contribution is 0.0974. The Morgan fingerprint density at radius 2 is 1.91 bits per heavy atom. The predicted octanol–water partition coefficient (Wildman–Crippen LogP) is 4.84. The van der Waals surface area contributed by atoms with Gasteiger partial charge in [0.25, 0.3) is 5.91 Å². The first kappa shape index (κ1) is 17.6. The van der Waals surface area contributed by atoms with Gasteiger partial charge in [0.2, 0.25) is 0 Å². The molecular formula is C17H16BrFN2OS. The summed E-state index contributed by atoms with van der Waals surface area (Å²) in [6.07, 6.45) is 0. The first-order valence-corrected chi connectivity index (χ1v) is 8.25. The second-order valence-corrected chi connectivity index (χ2v) is 6.60. The number of anilines is 1. The minimum absolute atomic E-state index is 0.0449. The van der Waals surface area contributed by atoms with Crippen LogP contribution in [0, 0.1) is 5.82 Å². The molecule has 3 nitrogen and oxygen atoms in total. The number of hydrogen-bond donors (Lipinski definition) is 2. The number of halogens is 2. The van der Waals surface area contributed by atoms with Gasteiger partial charge in [0.1, 0.15) is 5.82 Å². The lowest BCUT2D eigenvalue weighted by Crippen LogP contribution is -2.34. The molecule has 0 aromatic heterocycles. The van der Waals surface area contributed by atoms with E-state index in [2.05, 4.69) is 40.4 Å². The highest BCUT2D eigenvalue weighted by molar-refractivity contribution is 9.10. The van der Waals surface area contributed by atoms with E-state index in [9.17, 15) is 9.18 Å². The van der Waals surface area contributed by atoms with Gasteiger partial charge in [-0.15, -0.1) is 0 Å². The molecule has 0 fully saturated rings. The molecule has 1 amide bonds. The molecule has 0 bridgehead atoms. The number of thiocarbonyl (C=S) groups is 1. The van der Waals surface area contributed by atoms with Crippen molar-refractivity contribution in [2.75, 3.05) is 5.32 Å². The Morgan fingerprint density at radius 1 is 1.22 bits per heavy atom. The molecule has 0 saturated heterocycles. The number of rotatable bonds is 3. The summed E-state index contributed by atoms with van der Waals surface area (Å²) in [7, 11) is 0. The zero-order chi connectivity index (χ0) is 17.0. The minimum atomic E-state index is -0.584. The Hall–Kier alpha value is -1.79. The number of benzene rings is 2. The van der Waals surface area contributed by atoms with Crippen molar-refractivity contribution < 1.29 is 9.18 Å². The van der Waals surface area contributed by atoms with E-state index in [1.165, 1.54) is 18.2 Å². The van der Waals surface area contributed by atoms with Crippen molar-refractivity contribution in [1.82, 2.24) is 5.32 Å². The van der Waals surface area contributed by atoms with E-state index in [0.29, 0.717) is 0 Å². The summed E-state index contributed by atoms with van der Waals surface area (Å²) < 4.78 is 14.6. The smallest absolute Gasteiger partial charge is 0.260 e. The number of carbonyl (C=O) groups excluding carboxylic acids is 1. The fourth-order valence-electron chi connectivity index (χ4n) is 2.09. The monoisotopic (exact) mass is 394 g/mol. The highest BCUT2D eigenvalue weighted by Crippen LogP contribution is 2.27. The minimum Gasteiger partial charge on any atom is -0.332 e. The summed E-state index contributed by atoms with van der Waals surface area (Å²) in [5.74, 6) is -0.886. The first-order valence-electron chi connectivity index (χ1n) is 7.04. The van der Waals surface area contributed by atoms with Crippen molar-refractivity contribution in [3.8, 4) is 0 Å². The summed E-state index contributed by atoms with van der Waals surface area (Å²) >= 11 is 8.59. The molecule has 0 aliphatic rings. The number of hydrogen-bond acceptors (Lipinski definition) is 2. The first-order chi connectivity index (χ1) is 10.9. The Morgan fingerprint density at radius 3 is 2.57 bits per heavy atom. The third-order valence-electron chi connectivity index (χ3n) is 3.23. The van der Waals surface area contributed by atoms with E-state index in [1.807, 2.05) is 18.2 Å². The highest BCUT2D eigenvalue weighted by atomic mass is 79.9. The molecule has 0 atom stereocenters. The fourth-order valence-corrected chi connectivity index (χ4v) is 2.68. The Kier molecular flexibility index (Phi) is 5.85. The van der Waals surface area contributed by atoms with Crippen LogP contribution in [0.2, 0.25) is 0 Å². The van der Waals surface area contributed by atoms with Crippen LogP contribution in [0.3, 0.4) is 0 Å². The zero-order valence-electron chi connectivity index (χ0n) is 12.7. The van der Waals surface area contributed by atoms with Gasteiger partial charge >= 0.3 is 0 Å². The molecule has 2 rings (SSSR count). The molecule has 0 spiro atoms. The van der Waals surface area contributed by atoms with Crippen LogP contribution in [0.5, 0.6) is 0 Å². The van der Waals surface area contributed by atoms with E-state index >= 15 is 0 Å². The molecule has 2 N–H and O–H groups in total. The van der Waals surface area contributed by atoms with Crippen LogP contribution in [0.4, 0.5) is 10.1 Å². The maximum Gasteiger partial charge on any atom is 0.260 e. The van der Waals surface area contributed by atoms with E-state index in [4.69, 9.17) is 12.2 Å². The molecule has 6 heteroatoms. The van der Waals surface area contributed by atoms with Crippen molar-refractivity contribution in [1.29, 1.82) is 0 Å². The molecule has 0 aliphatic heterocycles. The van der Waals surface area contributed by atoms with Crippen LogP contribution in [0.1, 0.15) is 35.7 Å². The largest absolute Gasteiger partial charge is 0.332 e. The lowest BCUT2D eigenvalue weighted by Gasteiger charge is -2.16. The number of amides is 1. The molecule has 23 heavy (non-hydrogen) atoms. The van der Waals surface area contributed by atoms with Crippen LogP contribution in [0.25, 0.3) is 0 Å². The Balaban J connectivity index is 2.11. The second-order valence-electron chi connectivity index (χ2n) is 5.27. The SMILES string of the molecule is CC(C)c1cc(Br)ccc1NC(=S)NC(=O)c1ccccc1F. The van der Waals surface area contributed by atoms with Crippen molar-refractivity contribution >= 4 is 44.9 Å². The van der Waals surface area contributed by atoms with Crippen LogP contribution >= 0.6 is 28.1 Å². The van der Waals surface area contributed by atoms with Gasteiger partial charge in [-0.1, -0.05) is 41.9 Å². The van der Waals surface area contributed by atoms with E-state index in [1.54, 1.807) is 6.07 Å². The molecule has 2 aromatic carbocycles. The fraction of sp³-hybridized carbons (Fsp3) is 0.176. The molecule has 2 aromatic rings. The third kappa shape index (κ3) is 4.59.